The van der Waals surface area contributed by atoms with E-state index in [1.165, 1.54) is 24.3 Å². The molecule has 0 saturated carbocycles. The average molecular weight is 458 g/mol. The molecular weight excluding hydrogens is 436 g/mol. The second kappa shape index (κ2) is 9.57. The molecule has 1 aromatic heterocycles. The largest absolute Gasteiger partial charge is 0.466 e. The summed E-state index contributed by atoms with van der Waals surface area (Å²) in [5.41, 5.74) is -4.25. The van der Waals surface area contributed by atoms with Gasteiger partial charge in [0.1, 0.15) is 17.5 Å². The maximum atomic E-state index is 16.2. The lowest BCUT2D eigenvalue weighted by atomic mass is 9.96. The van der Waals surface area contributed by atoms with Crippen LogP contribution >= 0.6 is 23.1 Å². The summed E-state index contributed by atoms with van der Waals surface area (Å²) in [7, 11) is 0.913. The summed E-state index contributed by atoms with van der Waals surface area (Å²) in [4.78, 5) is 37.7. The van der Waals surface area contributed by atoms with Crippen molar-refractivity contribution < 1.29 is 32.6 Å². The van der Waals surface area contributed by atoms with Gasteiger partial charge in [0.15, 0.2) is 0 Å². The van der Waals surface area contributed by atoms with Crippen molar-refractivity contribution in [1.29, 1.82) is 0 Å². The number of hydrogen-bond acceptors (Lipinski definition) is 7. The summed E-state index contributed by atoms with van der Waals surface area (Å²) in [6.07, 6.45) is -1.03. The van der Waals surface area contributed by atoms with Crippen molar-refractivity contribution >= 4 is 40.3 Å². The first kappa shape index (κ1) is 23.8. The second-order valence-electron chi connectivity index (χ2n) is 7.12. The summed E-state index contributed by atoms with van der Waals surface area (Å²) in [5, 5.41) is 2.51. The molecule has 0 saturated heterocycles. The number of rotatable bonds is 6. The zero-order valence-corrected chi connectivity index (χ0v) is 18.4. The molecule has 0 fully saturated rings. The molecule has 30 heavy (non-hydrogen) atoms. The molecule has 0 bridgehead atoms. The number of benzene rings is 1. The molecular formula is C20H21F2NO5S2. The fourth-order valence-corrected chi connectivity index (χ4v) is 4.11. The van der Waals surface area contributed by atoms with Crippen molar-refractivity contribution in [2.75, 3.05) is 7.11 Å². The lowest BCUT2D eigenvalue weighted by Gasteiger charge is -2.30. The molecule has 0 aliphatic rings. The Labute approximate surface area is 180 Å². The van der Waals surface area contributed by atoms with E-state index in [1.807, 2.05) is 0 Å². The molecule has 0 unspecified atom stereocenters. The highest BCUT2D eigenvalue weighted by Gasteiger charge is 2.57. The van der Waals surface area contributed by atoms with Crippen molar-refractivity contribution in [3.05, 3.63) is 52.5 Å². The van der Waals surface area contributed by atoms with Gasteiger partial charge in [0, 0.05) is 4.88 Å². The van der Waals surface area contributed by atoms with E-state index in [4.69, 9.17) is 4.74 Å². The van der Waals surface area contributed by atoms with Gasteiger partial charge >= 0.3 is 12.1 Å². The summed E-state index contributed by atoms with van der Waals surface area (Å²) in [6.45, 7) is 4.82. The first-order valence-corrected chi connectivity index (χ1v) is 10.5. The minimum Gasteiger partial charge on any atom is -0.466 e. The molecule has 162 valence electrons. The maximum Gasteiger partial charge on any atom is 0.408 e. The number of alkyl halides is 1. The van der Waals surface area contributed by atoms with E-state index in [2.05, 4.69) is 10.1 Å². The molecule has 2 rings (SSSR count). The van der Waals surface area contributed by atoms with Gasteiger partial charge in [-0.3, -0.25) is 4.79 Å². The molecule has 2 atom stereocenters. The van der Waals surface area contributed by atoms with Gasteiger partial charge in [0.25, 0.3) is 5.67 Å². The summed E-state index contributed by atoms with van der Waals surface area (Å²) in [6, 6.07) is 6.52. The molecule has 0 radical (unpaired) electrons. The predicted molar refractivity (Wildman–Crippen MR) is 110 cm³/mol. The van der Waals surface area contributed by atoms with E-state index >= 15 is 4.39 Å². The minimum absolute atomic E-state index is 0.171. The van der Waals surface area contributed by atoms with Crippen molar-refractivity contribution in [3.8, 4) is 0 Å². The van der Waals surface area contributed by atoms with Crippen LogP contribution in [0, 0.1) is 5.82 Å². The lowest BCUT2D eigenvalue weighted by Crippen LogP contribution is -2.53. The number of esters is 1. The normalized spacial score (nSPS) is 14.3. The standard InChI is InChI=1S/C20H21F2NO5S2/c1-19(2,3)28-18(26)23-15(14-10-7-11-29-14)20(22,16(24)27-4)17(25)30-13-9-6-5-8-12(13)21/h5-11,15H,1-4H3,(H,23,26)/t15-,20-/m1/s1. The van der Waals surface area contributed by atoms with Gasteiger partial charge in [-0.1, -0.05) is 18.2 Å². The molecule has 1 aromatic carbocycles. The number of methoxy groups -OCH3 is 1. The SMILES string of the molecule is COC(=O)[C@@](F)(C(=O)Sc1ccccc1F)[C@H](NC(=O)OC(C)(C)C)c1cccs1. The van der Waals surface area contributed by atoms with Crippen LogP contribution in [-0.2, 0) is 19.1 Å². The molecule has 0 spiro atoms. The van der Waals surface area contributed by atoms with E-state index < -0.39 is 40.3 Å². The highest BCUT2D eigenvalue weighted by Crippen LogP contribution is 2.40. The number of alkyl carbamates (subject to hydrolysis) is 1. The fraction of sp³-hybridized carbons (Fsp3) is 0.350. The third-order valence-electron chi connectivity index (χ3n) is 3.71. The van der Waals surface area contributed by atoms with Crippen LogP contribution in [0.4, 0.5) is 13.6 Å². The van der Waals surface area contributed by atoms with Gasteiger partial charge in [-0.05, 0) is 56.1 Å². The lowest BCUT2D eigenvalue weighted by molar-refractivity contribution is -0.159. The van der Waals surface area contributed by atoms with Crippen LogP contribution in [0.1, 0.15) is 31.7 Å². The Bertz CT molecular complexity index is 914. The van der Waals surface area contributed by atoms with Gasteiger partial charge in [0.05, 0.1) is 12.0 Å². The molecule has 2 aromatic rings. The van der Waals surface area contributed by atoms with Crippen LogP contribution in [0.15, 0.2) is 46.7 Å². The van der Waals surface area contributed by atoms with E-state index in [-0.39, 0.29) is 21.5 Å². The van der Waals surface area contributed by atoms with Crippen molar-refractivity contribution in [1.82, 2.24) is 5.32 Å². The van der Waals surface area contributed by atoms with Gasteiger partial charge in [0.2, 0.25) is 5.12 Å². The van der Waals surface area contributed by atoms with Crippen LogP contribution in [0.25, 0.3) is 0 Å². The van der Waals surface area contributed by atoms with Crippen LogP contribution in [0.3, 0.4) is 0 Å². The Morgan fingerprint density at radius 2 is 1.80 bits per heavy atom. The number of carbonyl (C=O) groups excluding carboxylic acids is 3. The third-order valence-corrected chi connectivity index (χ3v) is 5.68. The highest BCUT2D eigenvalue weighted by molar-refractivity contribution is 8.14. The van der Waals surface area contributed by atoms with E-state index in [9.17, 15) is 18.8 Å². The number of thioether (sulfide) groups is 1. The molecule has 0 aliphatic carbocycles. The number of halogens is 2. The zero-order chi connectivity index (χ0) is 22.5. The Morgan fingerprint density at radius 3 is 2.33 bits per heavy atom. The first-order valence-electron chi connectivity index (χ1n) is 8.76. The van der Waals surface area contributed by atoms with Crippen LogP contribution in [-0.4, -0.2) is 35.6 Å². The Kier molecular flexibility index (Phi) is 7.59. The molecule has 1 amide bonds. The van der Waals surface area contributed by atoms with Gasteiger partial charge in [-0.25, -0.2) is 18.4 Å². The Balaban J connectivity index is 2.46. The van der Waals surface area contributed by atoms with Crippen molar-refractivity contribution in [2.24, 2.45) is 0 Å². The summed E-state index contributed by atoms with van der Waals surface area (Å²) in [5.74, 6) is -2.28. The Morgan fingerprint density at radius 1 is 1.13 bits per heavy atom. The van der Waals surface area contributed by atoms with Crippen molar-refractivity contribution in [3.63, 3.8) is 0 Å². The number of amides is 1. The number of thiophene rings is 1. The van der Waals surface area contributed by atoms with E-state index in [1.54, 1.807) is 32.2 Å². The number of nitrogens with one attached hydrogen (secondary N) is 1. The smallest absolute Gasteiger partial charge is 0.408 e. The summed E-state index contributed by atoms with van der Waals surface area (Å²) >= 11 is 1.23. The maximum absolute atomic E-state index is 16.2. The Hall–Kier alpha value is -2.46. The van der Waals surface area contributed by atoms with Crippen LogP contribution in [0.2, 0.25) is 0 Å². The monoisotopic (exact) mass is 457 g/mol. The van der Waals surface area contributed by atoms with E-state index in [0.717, 1.165) is 24.5 Å². The summed E-state index contributed by atoms with van der Waals surface area (Å²) < 4.78 is 39.9. The third kappa shape index (κ3) is 5.57. The molecule has 0 aliphatic heterocycles. The second-order valence-corrected chi connectivity index (χ2v) is 9.11. The van der Waals surface area contributed by atoms with Gasteiger partial charge in [-0.2, -0.15) is 0 Å². The first-order chi connectivity index (χ1) is 14.0. The molecule has 6 nitrogen and oxygen atoms in total. The number of carbonyl (C=O) groups is 3. The average Bonchev–Trinajstić information content (AvgIpc) is 3.19. The van der Waals surface area contributed by atoms with Crippen LogP contribution in [0.5, 0.6) is 0 Å². The topological polar surface area (TPSA) is 81.7 Å². The van der Waals surface area contributed by atoms with Gasteiger partial charge in [-0.15, -0.1) is 11.3 Å². The quantitative estimate of drug-likeness (QED) is 0.386. The molecule has 10 heteroatoms. The molecule has 1 heterocycles. The minimum atomic E-state index is -3.34. The van der Waals surface area contributed by atoms with Crippen LogP contribution < -0.4 is 5.32 Å². The number of ether oxygens (including phenoxy) is 2. The highest BCUT2D eigenvalue weighted by atomic mass is 32.2. The molecule has 1 N–H and O–H groups in total. The number of hydrogen-bond donors (Lipinski definition) is 1. The zero-order valence-electron chi connectivity index (χ0n) is 16.7. The van der Waals surface area contributed by atoms with E-state index in [0.29, 0.717) is 0 Å². The predicted octanol–water partition coefficient (Wildman–Crippen LogP) is 4.65. The fourth-order valence-electron chi connectivity index (χ4n) is 2.42. The van der Waals surface area contributed by atoms with Crippen molar-refractivity contribution in [2.45, 2.75) is 43.0 Å². The van der Waals surface area contributed by atoms with Gasteiger partial charge < -0.3 is 14.8 Å².